The molecule has 9 heteroatoms. The Labute approximate surface area is 180 Å². The molecule has 166 valence electrons. The Bertz CT molecular complexity index is 936. The third-order valence-corrected chi connectivity index (χ3v) is 4.12. The van der Waals surface area contributed by atoms with E-state index in [-0.39, 0.29) is 24.4 Å². The van der Waals surface area contributed by atoms with Gasteiger partial charge in [0.25, 0.3) is 5.69 Å². The summed E-state index contributed by atoms with van der Waals surface area (Å²) in [6.07, 6.45) is -1.61. The smallest absolute Gasteiger partial charge is 0.410 e. The number of non-ortho nitro benzene ring substituents is 1. The molecule has 0 aliphatic carbocycles. The van der Waals surface area contributed by atoms with Gasteiger partial charge in [0.15, 0.2) is 0 Å². The summed E-state index contributed by atoms with van der Waals surface area (Å²) < 4.78 is 10.5. The molecule has 0 saturated heterocycles. The van der Waals surface area contributed by atoms with Crippen molar-refractivity contribution in [3.63, 3.8) is 0 Å². The Balaban J connectivity index is 1.92. The normalized spacial score (nSPS) is 12.0. The summed E-state index contributed by atoms with van der Waals surface area (Å²) in [7, 11) is 1.53. The van der Waals surface area contributed by atoms with Crippen LogP contribution in [0.2, 0.25) is 0 Å². The SMILES string of the molecule is CN(CC(O)c1ccc(OC(=O)Cc2cccc([N+](=O)[O-])c2)cc1)C(=O)OC(C)(C)C. The van der Waals surface area contributed by atoms with Gasteiger partial charge in [-0.2, -0.15) is 0 Å². The fourth-order valence-electron chi connectivity index (χ4n) is 2.65. The summed E-state index contributed by atoms with van der Waals surface area (Å²) in [4.78, 5) is 35.7. The molecule has 0 fully saturated rings. The second-order valence-electron chi connectivity index (χ2n) is 8.02. The molecule has 0 aromatic heterocycles. The summed E-state index contributed by atoms with van der Waals surface area (Å²) in [5.74, 6) is -0.301. The maximum Gasteiger partial charge on any atom is 0.410 e. The number of nitrogens with zero attached hydrogens (tertiary/aromatic N) is 2. The lowest BCUT2D eigenvalue weighted by Crippen LogP contribution is -2.36. The number of nitro benzene ring substituents is 1. The molecule has 0 bridgehead atoms. The van der Waals surface area contributed by atoms with Gasteiger partial charge >= 0.3 is 12.1 Å². The van der Waals surface area contributed by atoms with Crippen LogP contribution < -0.4 is 4.74 Å². The molecular weight excluding hydrogens is 404 g/mol. The van der Waals surface area contributed by atoms with Gasteiger partial charge in [0.05, 0.1) is 24.0 Å². The van der Waals surface area contributed by atoms with E-state index < -0.39 is 28.7 Å². The first-order valence-electron chi connectivity index (χ1n) is 9.61. The van der Waals surface area contributed by atoms with Crippen molar-refractivity contribution in [3.8, 4) is 5.75 Å². The largest absolute Gasteiger partial charge is 0.444 e. The number of rotatable bonds is 7. The average molecular weight is 430 g/mol. The van der Waals surface area contributed by atoms with Gasteiger partial charge in [0.1, 0.15) is 11.4 Å². The van der Waals surface area contributed by atoms with Crippen LogP contribution in [-0.4, -0.2) is 46.2 Å². The number of hydrogen-bond acceptors (Lipinski definition) is 7. The van der Waals surface area contributed by atoms with Crippen molar-refractivity contribution < 1.29 is 29.1 Å². The molecule has 0 aliphatic rings. The van der Waals surface area contributed by atoms with E-state index in [1.807, 2.05) is 0 Å². The number of ether oxygens (including phenoxy) is 2. The average Bonchev–Trinajstić information content (AvgIpc) is 2.67. The molecule has 0 spiro atoms. The van der Waals surface area contributed by atoms with E-state index in [1.165, 1.54) is 42.3 Å². The summed E-state index contributed by atoms with van der Waals surface area (Å²) in [5.41, 5.74) is 0.275. The number of aliphatic hydroxyl groups is 1. The molecule has 1 atom stereocenters. The predicted octanol–water partition coefficient (Wildman–Crippen LogP) is 3.64. The maximum absolute atomic E-state index is 12.1. The van der Waals surface area contributed by atoms with Crippen molar-refractivity contribution in [2.45, 2.75) is 38.9 Å². The molecule has 31 heavy (non-hydrogen) atoms. The minimum absolute atomic E-state index is 0.0286. The van der Waals surface area contributed by atoms with Crippen LogP contribution in [0.3, 0.4) is 0 Å². The highest BCUT2D eigenvalue weighted by molar-refractivity contribution is 5.75. The van der Waals surface area contributed by atoms with Crippen LogP contribution in [0.4, 0.5) is 10.5 Å². The molecule has 0 radical (unpaired) electrons. The highest BCUT2D eigenvalue weighted by atomic mass is 16.6. The third kappa shape index (κ3) is 7.71. The molecule has 9 nitrogen and oxygen atoms in total. The summed E-state index contributed by atoms with van der Waals surface area (Å²) in [6, 6.07) is 12.0. The predicted molar refractivity (Wildman–Crippen MR) is 113 cm³/mol. The highest BCUT2D eigenvalue weighted by Crippen LogP contribution is 2.20. The van der Waals surface area contributed by atoms with Gasteiger partial charge in [0, 0.05) is 19.2 Å². The van der Waals surface area contributed by atoms with Crippen LogP contribution in [0, 0.1) is 10.1 Å². The van der Waals surface area contributed by atoms with Gasteiger partial charge in [0.2, 0.25) is 0 Å². The van der Waals surface area contributed by atoms with Crippen molar-refractivity contribution in [2.24, 2.45) is 0 Å². The number of benzene rings is 2. The van der Waals surface area contributed by atoms with Gasteiger partial charge < -0.3 is 19.5 Å². The van der Waals surface area contributed by atoms with Crippen molar-refractivity contribution in [1.82, 2.24) is 4.90 Å². The van der Waals surface area contributed by atoms with E-state index in [2.05, 4.69) is 0 Å². The Hall–Kier alpha value is -3.46. The van der Waals surface area contributed by atoms with E-state index in [0.717, 1.165) is 0 Å². The topological polar surface area (TPSA) is 119 Å². The zero-order valence-corrected chi connectivity index (χ0v) is 17.9. The first-order valence-corrected chi connectivity index (χ1v) is 9.61. The standard InChI is InChI=1S/C22H26N2O7/c1-22(2,3)31-21(27)23(4)14-19(25)16-8-10-18(11-9-16)30-20(26)13-15-6-5-7-17(12-15)24(28)29/h5-12,19,25H,13-14H2,1-4H3. The zero-order valence-electron chi connectivity index (χ0n) is 17.9. The number of aliphatic hydroxyl groups excluding tert-OH is 1. The number of esters is 1. The summed E-state index contributed by atoms with van der Waals surface area (Å²) in [6.45, 7) is 5.30. The molecule has 0 saturated carbocycles. The van der Waals surface area contributed by atoms with E-state index in [1.54, 1.807) is 39.0 Å². The molecule has 0 heterocycles. The van der Waals surface area contributed by atoms with Crippen LogP contribution >= 0.6 is 0 Å². The molecule has 2 aromatic carbocycles. The van der Waals surface area contributed by atoms with E-state index in [4.69, 9.17) is 9.47 Å². The fraction of sp³-hybridized carbons (Fsp3) is 0.364. The Kier molecular flexibility index (Phi) is 7.71. The van der Waals surface area contributed by atoms with Crippen LogP contribution in [0.15, 0.2) is 48.5 Å². The van der Waals surface area contributed by atoms with Crippen LogP contribution in [0.1, 0.15) is 38.0 Å². The Morgan fingerprint density at radius 1 is 1.16 bits per heavy atom. The first kappa shape index (κ1) is 23.8. The highest BCUT2D eigenvalue weighted by Gasteiger charge is 2.22. The van der Waals surface area contributed by atoms with Crippen LogP contribution in [0.25, 0.3) is 0 Å². The number of amides is 1. The number of likely N-dealkylation sites (N-methyl/N-ethyl adjacent to an activating group) is 1. The fourth-order valence-corrected chi connectivity index (χ4v) is 2.65. The minimum Gasteiger partial charge on any atom is -0.444 e. The van der Waals surface area contributed by atoms with Gasteiger partial charge in [-0.3, -0.25) is 14.9 Å². The second-order valence-corrected chi connectivity index (χ2v) is 8.02. The maximum atomic E-state index is 12.1. The quantitative estimate of drug-likeness (QED) is 0.308. The lowest BCUT2D eigenvalue weighted by Gasteiger charge is -2.26. The lowest BCUT2D eigenvalue weighted by atomic mass is 10.1. The van der Waals surface area contributed by atoms with Crippen LogP contribution in [0.5, 0.6) is 5.75 Å². The van der Waals surface area contributed by atoms with Crippen molar-refractivity contribution in [2.75, 3.05) is 13.6 Å². The first-order chi connectivity index (χ1) is 14.4. The number of hydrogen-bond donors (Lipinski definition) is 1. The molecule has 1 N–H and O–H groups in total. The van der Waals surface area contributed by atoms with Crippen LogP contribution in [-0.2, 0) is 16.0 Å². The van der Waals surface area contributed by atoms with E-state index in [9.17, 15) is 24.8 Å². The summed E-state index contributed by atoms with van der Waals surface area (Å²) >= 11 is 0. The van der Waals surface area contributed by atoms with Gasteiger partial charge in [-0.15, -0.1) is 0 Å². The molecule has 2 rings (SSSR count). The minimum atomic E-state index is -0.952. The Morgan fingerprint density at radius 3 is 2.39 bits per heavy atom. The van der Waals surface area contributed by atoms with Crippen molar-refractivity contribution >= 4 is 17.7 Å². The van der Waals surface area contributed by atoms with E-state index in [0.29, 0.717) is 11.1 Å². The number of carbonyl (C=O) groups is 2. The van der Waals surface area contributed by atoms with Crippen molar-refractivity contribution in [1.29, 1.82) is 0 Å². The molecular formula is C22H26N2O7. The van der Waals surface area contributed by atoms with Gasteiger partial charge in [-0.1, -0.05) is 24.3 Å². The monoisotopic (exact) mass is 430 g/mol. The van der Waals surface area contributed by atoms with E-state index >= 15 is 0 Å². The lowest BCUT2D eigenvalue weighted by molar-refractivity contribution is -0.384. The summed E-state index contributed by atoms with van der Waals surface area (Å²) in [5, 5.41) is 21.2. The van der Waals surface area contributed by atoms with Gasteiger partial charge in [-0.25, -0.2) is 4.79 Å². The molecule has 0 aliphatic heterocycles. The third-order valence-electron chi connectivity index (χ3n) is 4.12. The Morgan fingerprint density at radius 2 is 1.81 bits per heavy atom. The zero-order chi connectivity index (χ0) is 23.2. The van der Waals surface area contributed by atoms with Crippen molar-refractivity contribution in [3.05, 3.63) is 69.8 Å². The number of nitro groups is 1. The molecule has 2 aromatic rings. The second kappa shape index (κ2) is 10.0. The molecule has 1 unspecified atom stereocenters. The van der Waals surface area contributed by atoms with Gasteiger partial charge in [-0.05, 0) is 44.0 Å². The number of carbonyl (C=O) groups excluding carboxylic acids is 2. The molecule has 1 amide bonds.